The van der Waals surface area contributed by atoms with Crippen LogP contribution in [0.15, 0.2) is 18.2 Å². The lowest BCUT2D eigenvalue weighted by Crippen LogP contribution is -2.31. The van der Waals surface area contributed by atoms with E-state index in [0.29, 0.717) is 5.02 Å². The van der Waals surface area contributed by atoms with Crippen LogP contribution in [0, 0.1) is 3.57 Å². The summed E-state index contributed by atoms with van der Waals surface area (Å²) in [6.45, 7) is 3.59. The van der Waals surface area contributed by atoms with Crippen LogP contribution in [0.25, 0.3) is 0 Å². The summed E-state index contributed by atoms with van der Waals surface area (Å²) >= 11 is 11.2. The Morgan fingerprint density at radius 3 is 2.60 bits per heavy atom. The molecule has 0 heterocycles. The maximum atomic E-state index is 11.7. The molecular weight excluding hydrogens is 392 g/mol. The number of nitrogens with one attached hydrogen (secondary N) is 1. The van der Waals surface area contributed by atoms with Gasteiger partial charge in [-0.2, -0.15) is 0 Å². The number of hydrogen-bond acceptors (Lipinski definition) is 1. The molecule has 2 nitrogen and oxygen atoms in total. The molecule has 1 aromatic rings. The third-order valence-corrected chi connectivity index (χ3v) is 3.21. The molecular formula is C10H10BrClINO. The Hall–Kier alpha value is 0.190. The average molecular weight is 402 g/mol. The van der Waals surface area contributed by atoms with E-state index in [1.165, 1.54) is 0 Å². The van der Waals surface area contributed by atoms with Gasteiger partial charge in [0.2, 0.25) is 5.91 Å². The smallest absolute Gasteiger partial charge is 0.240 e. The minimum Gasteiger partial charge on any atom is -0.324 e. The van der Waals surface area contributed by atoms with Crippen LogP contribution in [0.3, 0.4) is 0 Å². The van der Waals surface area contributed by atoms with Crippen LogP contribution in [-0.4, -0.2) is 10.2 Å². The summed E-state index contributed by atoms with van der Waals surface area (Å²) < 4.78 is 0.348. The van der Waals surface area contributed by atoms with Crippen LogP contribution in [0.5, 0.6) is 0 Å². The minimum absolute atomic E-state index is 0.0808. The molecule has 1 N–H and O–H groups in total. The van der Waals surface area contributed by atoms with Crippen LogP contribution in [0.2, 0.25) is 5.02 Å². The molecule has 5 heteroatoms. The minimum atomic E-state index is -0.574. The van der Waals surface area contributed by atoms with Gasteiger partial charge in [0.25, 0.3) is 0 Å². The Balaban J connectivity index is 2.87. The number of carbonyl (C=O) groups excluding carboxylic acids is 1. The third-order valence-electron chi connectivity index (χ3n) is 1.72. The first-order valence-electron chi connectivity index (χ1n) is 4.26. The van der Waals surface area contributed by atoms with Crippen molar-refractivity contribution in [1.82, 2.24) is 0 Å². The zero-order chi connectivity index (χ0) is 11.6. The first-order chi connectivity index (χ1) is 6.80. The molecule has 0 saturated carbocycles. The Kier molecular flexibility index (Phi) is 4.43. The van der Waals surface area contributed by atoms with E-state index in [1.807, 2.05) is 0 Å². The monoisotopic (exact) mass is 401 g/mol. The van der Waals surface area contributed by atoms with Crippen molar-refractivity contribution in [3.63, 3.8) is 0 Å². The normalized spacial score (nSPS) is 11.3. The van der Waals surface area contributed by atoms with Crippen molar-refractivity contribution in [2.75, 3.05) is 5.32 Å². The predicted molar refractivity (Wildman–Crippen MR) is 75.8 cm³/mol. The number of benzene rings is 1. The van der Waals surface area contributed by atoms with Gasteiger partial charge in [0.1, 0.15) is 0 Å². The van der Waals surface area contributed by atoms with Gasteiger partial charge < -0.3 is 5.32 Å². The van der Waals surface area contributed by atoms with E-state index in [1.54, 1.807) is 32.0 Å². The average Bonchev–Trinajstić information content (AvgIpc) is 2.08. The molecule has 15 heavy (non-hydrogen) atoms. The van der Waals surface area contributed by atoms with Gasteiger partial charge in [0.15, 0.2) is 0 Å². The van der Waals surface area contributed by atoms with Gasteiger partial charge in [-0.3, -0.25) is 4.79 Å². The van der Waals surface area contributed by atoms with Crippen molar-refractivity contribution < 1.29 is 4.79 Å². The van der Waals surface area contributed by atoms with Crippen LogP contribution in [-0.2, 0) is 4.79 Å². The van der Waals surface area contributed by atoms with Crippen molar-refractivity contribution in [1.29, 1.82) is 0 Å². The maximum Gasteiger partial charge on any atom is 0.240 e. The molecule has 0 spiro atoms. The van der Waals surface area contributed by atoms with E-state index in [2.05, 4.69) is 43.8 Å². The summed E-state index contributed by atoms with van der Waals surface area (Å²) in [5.41, 5.74) is 0.775. The van der Waals surface area contributed by atoms with Crippen molar-refractivity contribution in [3.05, 3.63) is 26.8 Å². The van der Waals surface area contributed by atoms with Gasteiger partial charge >= 0.3 is 0 Å². The first kappa shape index (κ1) is 13.3. The summed E-state index contributed by atoms with van der Waals surface area (Å²) in [4.78, 5) is 11.7. The Bertz CT molecular complexity index is 389. The molecule has 0 aliphatic carbocycles. The molecule has 0 aliphatic rings. The van der Waals surface area contributed by atoms with Gasteiger partial charge in [-0.05, 0) is 54.6 Å². The summed E-state index contributed by atoms with van der Waals surface area (Å²) in [6, 6.07) is 5.35. The van der Waals surface area contributed by atoms with Gasteiger partial charge in [-0.25, -0.2) is 0 Å². The molecule has 0 atom stereocenters. The molecule has 0 bridgehead atoms. The zero-order valence-corrected chi connectivity index (χ0v) is 12.8. The maximum absolute atomic E-state index is 11.7. The highest BCUT2D eigenvalue weighted by Gasteiger charge is 2.23. The van der Waals surface area contributed by atoms with E-state index >= 15 is 0 Å². The summed E-state index contributed by atoms with van der Waals surface area (Å²) in [5.74, 6) is -0.0808. The van der Waals surface area contributed by atoms with Crippen LogP contribution >= 0.6 is 50.1 Å². The highest BCUT2D eigenvalue weighted by molar-refractivity contribution is 14.1. The van der Waals surface area contributed by atoms with Gasteiger partial charge in [-0.1, -0.05) is 27.5 Å². The number of alkyl halides is 1. The number of amides is 1. The van der Waals surface area contributed by atoms with E-state index in [9.17, 15) is 4.79 Å². The summed E-state index contributed by atoms with van der Waals surface area (Å²) in [5, 5.41) is 3.49. The molecule has 0 radical (unpaired) electrons. The number of carbonyl (C=O) groups is 1. The highest BCUT2D eigenvalue weighted by Crippen LogP contribution is 2.24. The Labute approximate surface area is 116 Å². The molecule has 1 amide bonds. The summed E-state index contributed by atoms with van der Waals surface area (Å²) in [7, 11) is 0. The molecule has 82 valence electrons. The van der Waals surface area contributed by atoms with Crippen LogP contribution in [0.1, 0.15) is 13.8 Å². The fourth-order valence-electron chi connectivity index (χ4n) is 0.862. The van der Waals surface area contributed by atoms with Gasteiger partial charge in [0.05, 0.1) is 10.0 Å². The Morgan fingerprint density at radius 2 is 2.13 bits per heavy atom. The largest absolute Gasteiger partial charge is 0.324 e. The lowest BCUT2D eigenvalue weighted by atomic mass is 10.2. The molecule has 0 aromatic heterocycles. The van der Waals surface area contributed by atoms with E-state index in [-0.39, 0.29) is 5.91 Å². The number of anilines is 1. The molecule has 1 rings (SSSR count). The second kappa shape index (κ2) is 5.01. The fourth-order valence-corrected chi connectivity index (χ4v) is 1.97. The fraction of sp³-hybridized carbons (Fsp3) is 0.300. The lowest BCUT2D eigenvalue weighted by Gasteiger charge is -2.16. The molecule has 0 fully saturated rings. The SMILES string of the molecule is CC(C)(Br)C(=O)Nc1ccc(Cl)cc1I. The molecule has 0 unspecified atom stereocenters. The van der Waals surface area contributed by atoms with Gasteiger partial charge in [0, 0.05) is 8.59 Å². The van der Waals surface area contributed by atoms with Crippen LogP contribution in [0.4, 0.5) is 5.69 Å². The molecule has 0 saturated heterocycles. The number of halogens is 3. The van der Waals surface area contributed by atoms with E-state index in [4.69, 9.17) is 11.6 Å². The Morgan fingerprint density at radius 1 is 1.53 bits per heavy atom. The van der Waals surface area contributed by atoms with Crippen molar-refractivity contribution in [2.45, 2.75) is 18.2 Å². The second-order valence-electron chi connectivity index (χ2n) is 3.55. The van der Waals surface area contributed by atoms with E-state index < -0.39 is 4.32 Å². The number of rotatable bonds is 2. The van der Waals surface area contributed by atoms with Crippen molar-refractivity contribution in [2.24, 2.45) is 0 Å². The second-order valence-corrected chi connectivity index (χ2v) is 7.13. The lowest BCUT2D eigenvalue weighted by molar-refractivity contribution is -0.117. The topological polar surface area (TPSA) is 29.1 Å². The quantitative estimate of drug-likeness (QED) is 0.587. The van der Waals surface area contributed by atoms with Crippen molar-refractivity contribution >= 4 is 61.7 Å². The standard InChI is InChI=1S/C10H10BrClINO/c1-10(2,11)9(15)14-8-4-3-6(12)5-7(8)13/h3-5H,1-2H3,(H,14,15). The van der Waals surface area contributed by atoms with Crippen molar-refractivity contribution in [3.8, 4) is 0 Å². The number of hydrogen-bond donors (Lipinski definition) is 1. The molecule has 0 aliphatic heterocycles. The first-order valence-corrected chi connectivity index (χ1v) is 6.51. The van der Waals surface area contributed by atoms with Gasteiger partial charge in [-0.15, -0.1) is 0 Å². The zero-order valence-electron chi connectivity index (χ0n) is 8.27. The summed E-state index contributed by atoms with van der Waals surface area (Å²) in [6.07, 6.45) is 0. The predicted octanol–water partition coefficient (Wildman–Crippen LogP) is 4.06. The van der Waals surface area contributed by atoms with Crippen LogP contribution < -0.4 is 5.32 Å². The molecule has 1 aromatic carbocycles. The third kappa shape index (κ3) is 3.92. The highest BCUT2D eigenvalue weighted by atomic mass is 127. The van der Waals surface area contributed by atoms with E-state index in [0.717, 1.165) is 9.26 Å².